The molecule has 0 spiro atoms. The van der Waals surface area contributed by atoms with Crippen molar-refractivity contribution in [2.24, 2.45) is 0 Å². The van der Waals surface area contributed by atoms with Crippen LogP contribution in [-0.2, 0) is 0 Å². The summed E-state index contributed by atoms with van der Waals surface area (Å²) < 4.78 is 2.26. The van der Waals surface area contributed by atoms with Crippen LogP contribution < -0.4 is 15.1 Å². The van der Waals surface area contributed by atoms with Gasteiger partial charge in [-0.05, 0) is 158 Å². The zero-order valence-electron chi connectivity index (χ0n) is 42.2. The molecule has 0 radical (unpaired) electrons. The maximum absolute atomic E-state index is 5.24. The van der Waals surface area contributed by atoms with Gasteiger partial charge in [0.1, 0.15) is 12.0 Å². The van der Waals surface area contributed by atoms with Gasteiger partial charge in [0, 0.05) is 34.0 Å². The Morgan fingerprint density at radius 1 is 0.338 bits per heavy atom. The topological polar surface area (TPSA) is 36.3 Å². The van der Waals surface area contributed by atoms with Gasteiger partial charge in [0.2, 0.25) is 0 Å². The first-order chi connectivity index (χ1) is 38.1. The van der Waals surface area contributed by atoms with Crippen molar-refractivity contribution in [3.8, 4) is 61.6 Å². The Bertz CT molecular complexity index is 4230. The SMILES string of the molecule is c1ccc(-c2nc3cc(-c4cccc(-c5ccc(N(c6ccc(-c7cccc(-c8ccc9c(c8)NC(c8ccccc8)N9c8ccccc8)c7)cc6)c6ccc7ccccc7c6)cc5)c4)ccc3n2-c2ccccc2)cc1. The van der Waals surface area contributed by atoms with Gasteiger partial charge in [-0.2, -0.15) is 0 Å². The Kier molecular flexibility index (Phi) is 11.5. The van der Waals surface area contributed by atoms with E-state index in [1.54, 1.807) is 0 Å². The lowest BCUT2D eigenvalue weighted by Crippen LogP contribution is -2.23. The number of para-hydroxylation sites is 2. The highest BCUT2D eigenvalue weighted by Crippen LogP contribution is 2.48. The van der Waals surface area contributed by atoms with Crippen molar-refractivity contribution in [3.63, 3.8) is 0 Å². The van der Waals surface area contributed by atoms with Crippen LogP contribution >= 0.6 is 0 Å². The summed E-state index contributed by atoms with van der Waals surface area (Å²) in [4.78, 5) is 9.99. The van der Waals surface area contributed by atoms with Crippen LogP contribution in [0, 0.1) is 0 Å². The molecule has 1 aromatic heterocycles. The van der Waals surface area contributed by atoms with Crippen molar-refractivity contribution < 1.29 is 0 Å². The van der Waals surface area contributed by atoms with Gasteiger partial charge >= 0.3 is 0 Å². The van der Waals surface area contributed by atoms with E-state index < -0.39 is 0 Å². The summed E-state index contributed by atoms with van der Waals surface area (Å²) in [6, 6.07) is 107. The normalized spacial score (nSPS) is 12.9. The minimum Gasteiger partial charge on any atom is -0.359 e. The second-order valence-electron chi connectivity index (χ2n) is 19.7. The number of benzene rings is 12. The first-order valence-corrected chi connectivity index (χ1v) is 26.3. The molecule has 13 aromatic rings. The predicted octanol–water partition coefficient (Wildman–Crippen LogP) is 19.2. The zero-order valence-corrected chi connectivity index (χ0v) is 42.2. The Labute approximate surface area is 448 Å². The Hall–Kier alpha value is -10.2. The smallest absolute Gasteiger partial charge is 0.145 e. The number of rotatable bonds is 11. The maximum Gasteiger partial charge on any atom is 0.145 e. The number of hydrogen-bond acceptors (Lipinski definition) is 4. The second-order valence-corrected chi connectivity index (χ2v) is 19.7. The van der Waals surface area contributed by atoms with Gasteiger partial charge in [0.05, 0.1) is 22.4 Å². The van der Waals surface area contributed by atoms with E-state index in [2.05, 4.69) is 311 Å². The molecule has 0 saturated carbocycles. The van der Waals surface area contributed by atoms with Gasteiger partial charge < -0.3 is 15.1 Å². The van der Waals surface area contributed by atoms with Crippen molar-refractivity contribution in [1.82, 2.24) is 9.55 Å². The average molecular weight is 986 g/mol. The zero-order chi connectivity index (χ0) is 51.1. The van der Waals surface area contributed by atoms with E-state index in [1.807, 2.05) is 6.07 Å². The number of nitrogens with zero attached hydrogens (tertiary/aromatic N) is 4. The summed E-state index contributed by atoms with van der Waals surface area (Å²) in [5.74, 6) is 0.926. The summed E-state index contributed by atoms with van der Waals surface area (Å²) in [5, 5.41) is 6.27. The molecule has 0 saturated heterocycles. The van der Waals surface area contributed by atoms with Crippen molar-refractivity contribution >= 4 is 55.9 Å². The standard InChI is InChI=1S/C72H51N5/c1-5-18-53(19-6-1)71-73-67-48-60(36-43-69(67)76(71)62-27-9-3-10-28-62)57-25-15-23-55(45-57)51-31-38-64(39-32-51)75(66-42-35-50-17-13-14-22-59(50)47-66)65-40-33-52(34-41-65)56-24-16-26-58(46-56)61-37-44-70-68(49-61)74-72(54-20-7-2-8-21-54)77(70)63-29-11-4-12-30-63/h1-49,71,73H. The van der Waals surface area contributed by atoms with Crippen LogP contribution in [0.25, 0.3) is 83.4 Å². The number of aromatic nitrogens is 2. The summed E-state index contributed by atoms with van der Waals surface area (Å²) in [6.07, 6.45) is -0.0149. The average Bonchev–Trinajstić information content (AvgIpc) is 4.16. The molecule has 77 heavy (non-hydrogen) atoms. The fraction of sp³-hybridized carbons (Fsp3) is 0.0139. The largest absolute Gasteiger partial charge is 0.359 e. The van der Waals surface area contributed by atoms with E-state index in [0.29, 0.717) is 0 Å². The predicted molar refractivity (Wildman–Crippen MR) is 322 cm³/mol. The number of fused-ring (bicyclic) bond motifs is 3. The molecule has 1 aliphatic heterocycles. The highest BCUT2D eigenvalue weighted by atomic mass is 15.3. The number of nitrogens with one attached hydrogen (secondary N) is 1. The molecule has 1 aliphatic rings. The molecule has 0 aliphatic carbocycles. The lowest BCUT2D eigenvalue weighted by Gasteiger charge is -2.27. The Balaban J connectivity index is 0.761. The van der Waals surface area contributed by atoms with Gasteiger partial charge in [-0.3, -0.25) is 4.57 Å². The highest BCUT2D eigenvalue weighted by molar-refractivity contribution is 5.92. The molecule has 364 valence electrons. The third-order valence-electron chi connectivity index (χ3n) is 15.0. The third-order valence-corrected chi connectivity index (χ3v) is 15.0. The second kappa shape index (κ2) is 19.6. The Morgan fingerprint density at radius 2 is 0.818 bits per heavy atom. The van der Waals surface area contributed by atoms with Crippen molar-refractivity contribution in [2.45, 2.75) is 6.17 Å². The monoisotopic (exact) mass is 985 g/mol. The number of anilines is 6. The van der Waals surface area contributed by atoms with E-state index in [1.165, 1.54) is 27.5 Å². The molecule has 1 N–H and O–H groups in total. The van der Waals surface area contributed by atoms with Crippen LogP contribution in [0.15, 0.2) is 297 Å². The molecule has 12 aromatic carbocycles. The molecular weight excluding hydrogens is 935 g/mol. The maximum atomic E-state index is 5.24. The van der Waals surface area contributed by atoms with Gasteiger partial charge in [-0.15, -0.1) is 0 Å². The molecule has 5 nitrogen and oxygen atoms in total. The summed E-state index contributed by atoms with van der Waals surface area (Å²) in [7, 11) is 0. The lowest BCUT2D eigenvalue weighted by atomic mass is 9.98. The molecule has 14 rings (SSSR count). The van der Waals surface area contributed by atoms with Gasteiger partial charge in [-0.25, -0.2) is 4.98 Å². The molecule has 1 unspecified atom stereocenters. The first kappa shape index (κ1) is 45.4. The molecule has 1 atom stereocenters. The fourth-order valence-electron chi connectivity index (χ4n) is 11.1. The lowest BCUT2D eigenvalue weighted by molar-refractivity contribution is 0.828. The number of hydrogen-bond donors (Lipinski definition) is 1. The van der Waals surface area contributed by atoms with Crippen LogP contribution in [-0.4, -0.2) is 9.55 Å². The Morgan fingerprint density at radius 3 is 1.45 bits per heavy atom. The van der Waals surface area contributed by atoms with Crippen LogP contribution in [0.5, 0.6) is 0 Å². The minimum absolute atomic E-state index is 0.0149. The summed E-state index contributed by atoms with van der Waals surface area (Å²) >= 11 is 0. The van der Waals surface area contributed by atoms with Crippen LogP contribution in [0.2, 0.25) is 0 Å². The molecule has 0 amide bonds. The summed E-state index contributed by atoms with van der Waals surface area (Å²) in [5.41, 5.74) is 21.3. The van der Waals surface area contributed by atoms with Gasteiger partial charge in [0.15, 0.2) is 0 Å². The van der Waals surface area contributed by atoms with E-state index in [-0.39, 0.29) is 6.17 Å². The quantitative estimate of drug-likeness (QED) is 0.140. The van der Waals surface area contributed by atoms with Crippen LogP contribution in [0.1, 0.15) is 11.7 Å². The fourth-order valence-corrected chi connectivity index (χ4v) is 11.1. The molecule has 5 heteroatoms. The highest BCUT2D eigenvalue weighted by Gasteiger charge is 2.31. The van der Waals surface area contributed by atoms with E-state index in [4.69, 9.17) is 4.98 Å². The van der Waals surface area contributed by atoms with Crippen molar-refractivity contribution in [3.05, 3.63) is 303 Å². The molecular formula is C72H51N5. The van der Waals surface area contributed by atoms with Crippen molar-refractivity contribution in [2.75, 3.05) is 15.1 Å². The van der Waals surface area contributed by atoms with Crippen molar-refractivity contribution in [1.29, 1.82) is 0 Å². The molecule has 2 heterocycles. The van der Waals surface area contributed by atoms with Gasteiger partial charge in [-0.1, -0.05) is 200 Å². The minimum atomic E-state index is -0.0149. The van der Waals surface area contributed by atoms with E-state index in [9.17, 15) is 0 Å². The molecule has 0 fully saturated rings. The third kappa shape index (κ3) is 8.66. The van der Waals surface area contributed by atoms with E-state index >= 15 is 0 Å². The van der Waals surface area contributed by atoms with Crippen LogP contribution in [0.4, 0.5) is 34.1 Å². The summed E-state index contributed by atoms with van der Waals surface area (Å²) in [6.45, 7) is 0. The van der Waals surface area contributed by atoms with E-state index in [0.717, 1.165) is 95.6 Å². The van der Waals surface area contributed by atoms with Crippen LogP contribution in [0.3, 0.4) is 0 Å². The first-order valence-electron chi connectivity index (χ1n) is 26.3. The molecule has 0 bridgehead atoms. The van der Waals surface area contributed by atoms with Gasteiger partial charge in [0.25, 0.3) is 0 Å². The number of imidazole rings is 1.